The van der Waals surface area contributed by atoms with E-state index in [4.69, 9.17) is 5.73 Å². The van der Waals surface area contributed by atoms with Gasteiger partial charge in [0.05, 0.1) is 5.69 Å². The number of rotatable bonds is 3. The van der Waals surface area contributed by atoms with E-state index in [1.807, 2.05) is 11.6 Å². The lowest BCUT2D eigenvalue weighted by Gasteiger charge is -2.17. The molecule has 0 amide bonds. The Labute approximate surface area is 92.7 Å². The van der Waals surface area contributed by atoms with Crippen LogP contribution < -0.4 is 5.73 Å². The Balaban J connectivity index is 3.02. The second kappa shape index (κ2) is 4.25. The van der Waals surface area contributed by atoms with E-state index in [1.165, 1.54) is 6.42 Å². The van der Waals surface area contributed by atoms with Gasteiger partial charge in [0.15, 0.2) is 0 Å². The molecule has 0 atom stereocenters. The van der Waals surface area contributed by atoms with Gasteiger partial charge in [-0.25, -0.2) is 4.98 Å². The SMILES string of the molecule is CCCCc1nc(C(C)(C)C)n(C)c1N. The van der Waals surface area contributed by atoms with E-state index in [2.05, 4.69) is 32.7 Å². The van der Waals surface area contributed by atoms with Gasteiger partial charge in [0.1, 0.15) is 11.6 Å². The average molecular weight is 209 g/mol. The highest BCUT2D eigenvalue weighted by molar-refractivity contribution is 5.39. The predicted molar refractivity (Wildman–Crippen MR) is 64.9 cm³/mol. The summed E-state index contributed by atoms with van der Waals surface area (Å²) >= 11 is 0. The first-order chi connectivity index (χ1) is 6.88. The number of hydrogen-bond donors (Lipinski definition) is 1. The molecule has 3 heteroatoms. The second-order valence-electron chi connectivity index (χ2n) is 5.18. The van der Waals surface area contributed by atoms with Crippen LogP contribution in [0.2, 0.25) is 0 Å². The van der Waals surface area contributed by atoms with Crippen LogP contribution in [-0.2, 0) is 18.9 Å². The zero-order chi connectivity index (χ0) is 11.6. The number of imidazole rings is 1. The highest BCUT2D eigenvalue weighted by Gasteiger charge is 2.22. The van der Waals surface area contributed by atoms with E-state index in [-0.39, 0.29) is 5.41 Å². The number of nitrogens with two attached hydrogens (primary N) is 1. The maximum Gasteiger partial charge on any atom is 0.126 e. The summed E-state index contributed by atoms with van der Waals surface area (Å²) in [5.74, 6) is 1.90. The number of aryl methyl sites for hydroxylation is 1. The van der Waals surface area contributed by atoms with Gasteiger partial charge in [-0.3, -0.25) is 0 Å². The molecule has 0 saturated heterocycles. The topological polar surface area (TPSA) is 43.8 Å². The fourth-order valence-corrected chi connectivity index (χ4v) is 1.77. The molecule has 1 aromatic heterocycles. The van der Waals surface area contributed by atoms with E-state index in [0.29, 0.717) is 0 Å². The van der Waals surface area contributed by atoms with Crippen molar-refractivity contribution in [3.63, 3.8) is 0 Å². The van der Waals surface area contributed by atoms with E-state index < -0.39 is 0 Å². The van der Waals surface area contributed by atoms with Crippen molar-refractivity contribution < 1.29 is 0 Å². The Hall–Kier alpha value is -0.990. The van der Waals surface area contributed by atoms with Crippen molar-refractivity contribution in [1.82, 2.24) is 9.55 Å². The third kappa shape index (κ3) is 2.52. The molecular weight excluding hydrogens is 186 g/mol. The van der Waals surface area contributed by atoms with E-state index in [0.717, 1.165) is 30.2 Å². The van der Waals surface area contributed by atoms with Crippen LogP contribution >= 0.6 is 0 Å². The summed E-state index contributed by atoms with van der Waals surface area (Å²) in [6.07, 6.45) is 3.33. The van der Waals surface area contributed by atoms with Gasteiger partial charge in [0.25, 0.3) is 0 Å². The molecule has 0 aliphatic rings. The van der Waals surface area contributed by atoms with Crippen LogP contribution in [0.5, 0.6) is 0 Å². The van der Waals surface area contributed by atoms with Gasteiger partial charge in [-0.1, -0.05) is 34.1 Å². The highest BCUT2D eigenvalue weighted by Crippen LogP contribution is 2.25. The van der Waals surface area contributed by atoms with Crippen LogP contribution in [0.4, 0.5) is 5.82 Å². The lowest BCUT2D eigenvalue weighted by Crippen LogP contribution is -2.17. The van der Waals surface area contributed by atoms with Crippen LogP contribution in [0, 0.1) is 0 Å². The zero-order valence-electron chi connectivity index (χ0n) is 10.6. The van der Waals surface area contributed by atoms with Crippen LogP contribution in [0.3, 0.4) is 0 Å². The highest BCUT2D eigenvalue weighted by atomic mass is 15.1. The van der Waals surface area contributed by atoms with Gasteiger partial charge in [0.2, 0.25) is 0 Å². The lowest BCUT2D eigenvalue weighted by atomic mass is 9.96. The molecule has 1 heterocycles. The average Bonchev–Trinajstić information content (AvgIpc) is 2.41. The number of hydrogen-bond acceptors (Lipinski definition) is 2. The Morgan fingerprint density at radius 2 is 1.93 bits per heavy atom. The first-order valence-electron chi connectivity index (χ1n) is 5.69. The predicted octanol–water partition coefficient (Wildman–Crippen LogP) is 2.64. The third-order valence-corrected chi connectivity index (χ3v) is 2.65. The molecule has 0 fully saturated rings. The third-order valence-electron chi connectivity index (χ3n) is 2.65. The van der Waals surface area contributed by atoms with Crippen molar-refractivity contribution in [2.75, 3.05) is 5.73 Å². The van der Waals surface area contributed by atoms with Gasteiger partial charge in [-0.2, -0.15) is 0 Å². The number of aromatic nitrogens is 2. The fraction of sp³-hybridized carbons (Fsp3) is 0.750. The molecule has 0 unspecified atom stereocenters. The molecule has 0 aromatic carbocycles. The molecule has 1 aromatic rings. The van der Waals surface area contributed by atoms with Gasteiger partial charge in [-0.05, 0) is 12.8 Å². The molecule has 0 aliphatic carbocycles. The smallest absolute Gasteiger partial charge is 0.126 e. The number of nitrogens with zero attached hydrogens (tertiary/aromatic N) is 2. The van der Waals surface area contributed by atoms with Crippen molar-refractivity contribution in [2.24, 2.45) is 7.05 Å². The molecule has 0 saturated carbocycles. The number of nitrogen functional groups attached to an aromatic ring is 1. The van der Waals surface area contributed by atoms with Crippen molar-refractivity contribution in [1.29, 1.82) is 0 Å². The van der Waals surface area contributed by atoms with Crippen molar-refractivity contribution in [3.8, 4) is 0 Å². The molecule has 3 nitrogen and oxygen atoms in total. The number of anilines is 1. The van der Waals surface area contributed by atoms with Crippen LogP contribution in [0.25, 0.3) is 0 Å². The summed E-state index contributed by atoms with van der Waals surface area (Å²) in [5, 5.41) is 0. The molecule has 2 N–H and O–H groups in total. The molecule has 15 heavy (non-hydrogen) atoms. The summed E-state index contributed by atoms with van der Waals surface area (Å²) in [6, 6.07) is 0. The quantitative estimate of drug-likeness (QED) is 0.831. The fourth-order valence-electron chi connectivity index (χ4n) is 1.77. The Bertz CT molecular complexity index is 331. The zero-order valence-corrected chi connectivity index (χ0v) is 10.6. The first kappa shape index (κ1) is 12.1. The minimum Gasteiger partial charge on any atom is -0.384 e. The Morgan fingerprint density at radius 1 is 1.33 bits per heavy atom. The standard InChI is InChI=1S/C12H23N3/c1-6-7-8-9-10(13)15(5)11(14-9)12(2,3)4/h6-8,13H2,1-5H3. The summed E-state index contributed by atoms with van der Waals surface area (Å²) in [6.45, 7) is 8.68. The minimum atomic E-state index is 0.0628. The molecule has 0 aliphatic heterocycles. The van der Waals surface area contributed by atoms with Gasteiger partial charge < -0.3 is 10.3 Å². The van der Waals surface area contributed by atoms with Crippen LogP contribution in [-0.4, -0.2) is 9.55 Å². The summed E-state index contributed by atoms with van der Waals surface area (Å²) < 4.78 is 2.02. The van der Waals surface area contributed by atoms with Gasteiger partial charge in [-0.15, -0.1) is 0 Å². The van der Waals surface area contributed by atoms with Crippen molar-refractivity contribution >= 4 is 5.82 Å². The van der Waals surface area contributed by atoms with E-state index >= 15 is 0 Å². The molecule has 1 rings (SSSR count). The summed E-state index contributed by atoms with van der Waals surface area (Å²) in [7, 11) is 2.00. The normalized spacial score (nSPS) is 12.1. The molecule has 0 spiro atoms. The largest absolute Gasteiger partial charge is 0.384 e. The van der Waals surface area contributed by atoms with Crippen LogP contribution in [0.15, 0.2) is 0 Å². The summed E-state index contributed by atoms with van der Waals surface area (Å²) in [5.41, 5.74) is 7.16. The monoisotopic (exact) mass is 209 g/mol. The maximum absolute atomic E-state index is 6.04. The summed E-state index contributed by atoms with van der Waals surface area (Å²) in [4.78, 5) is 4.66. The molecule has 86 valence electrons. The number of unbranched alkanes of at least 4 members (excludes halogenated alkanes) is 1. The van der Waals surface area contributed by atoms with Gasteiger partial charge >= 0.3 is 0 Å². The van der Waals surface area contributed by atoms with E-state index in [9.17, 15) is 0 Å². The van der Waals surface area contributed by atoms with Crippen molar-refractivity contribution in [3.05, 3.63) is 11.5 Å². The van der Waals surface area contributed by atoms with Crippen LogP contribution in [0.1, 0.15) is 52.1 Å². The Morgan fingerprint density at radius 3 is 2.33 bits per heavy atom. The maximum atomic E-state index is 6.04. The second-order valence-corrected chi connectivity index (χ2v) is 5.18. The Kier molecular flexibility index (Phi) is 3.42. The van der Waals surface area contributed by atoms with Gasteiger partial charge in [0, 0.05) is 12.5 Å². The molecule has 0 radical (unpaired) electrons. The molecule has 0 bridgehead atoms. The van der Waals surface area contributed by atoms with E-state index in [1.54, 1.807) is 0 Å². The molecular formula is C12H23N3. The minimum absolute atomic E-state index is 0.0628. The lowest BCUT2D eigenvalue weighted by molar-refractivity contribution is 0.523. The first-order valence-corrected chi connectivity index (χ1v) is 5.69. The van der Waals surface area contributed by atoms with Crippen molar-refractivity contribution in [2.45, 2.75) is 52.4 Å².